The van der Waals surface area contributed by atoms with E-state index in [1.165, 1.54) is 12.4 Å². The van der Waals surface area contributed by atoms with Crippen LogP contribution in [0, 0.1) is 0 Å². The Balaban J connectivity index is 0.000000192. The Morgan fingerprint density at radius 1 is 0.697 bits per heavy atom. The van der Waals surface area contributed by atoms with Crippen molar-refractivity contribution in [2.45, 2.75) is 0 Å². The van der Waals surface area contributed by atoms with Crippen LogP contribution >= 0.6 is 66.7 Å². The predicted molar refractivity (Wildman–Crippen MR) is 139 cm³/mol. The average Bonchev–Trinajstić information content (AvgIpc) is 2.74. The maximum absolute atomic E-state index is 5.90. The normalized spacial score (nSPS) is 9.73. The van der Waals surface area contributed by atoms with Gasteiger partial charge in [0.25, 0.3) is 0 Å². The number of hydrogen-bond donors (Lipinski definition) is 4. The minimum atomic E-state index is 0.129. The molecule has 0 bridgehead atoms. The molecule has 0 aliphatic heterocycles. The summed E-state index contributed by atoms with van der Waals surface area (Å²) < 4.78 is 1.49. The van der Waals surface area contributed by atoms with Gasteiger partial charge >= 0.3 is 0 Å². The lowest BCUT2D eigenvalue weighted by Gasteiger charge is -2.06. The molecule has 4 aromatic heterocycles. The Morgan fingerprint density at radius 3 is 1.79 bits per heavy atom. The van der Waals surface area contributed by atoms with Gasteiger partial charge in [0.15, 0.2) is 11.0 Å². The van der Waals surface area contributed by atoms with Gasteiger partial charge in [-0.2, -0.15) is 9.97 Å². The second-order valence-electron chi connectivity index (χ2n) is 5.65. The summed E-state index contributed by atoms with van der Waals surface area (Å²) in [5.41, 5.74) is 15.9. The van der Waals surface area contributed by atoms with Crippen molar-refractivity contribution in [3.05, 3.63) is 73.2 Å². The lowest BCUT2D eigenvalue weighted by molar-refractivity contribution is 1.17. The van der Waals surface area contributed by atoms with Crippen molar-refractivity contribution in [1.29, 1.82) is 0 Å². The summed E-state index contributed by atoms with van der Waals surface area (Å²) >= 11 is 23.3. The zero-order valence-corrected chi connectivity index (χ0v) is 21.9. The third-order valence-electron chi connectivity index (χ3n) is 3.18. The summed E-state index contributed by atoms with van der Waals surface area (Å²) in [6.45, 7) is 0. The van der Waals surface area contributed by atoms with Gasteiger partial charge in [-0.3, -0.25) is 0 Å². The molecule has 33 heavy (non-hydrogen) atoms. The molecule has 0 atom stereocenters. The minimum absolute atomic E-state index is 0.129. The molecule has 0 saturated heterocycles. The van der Waals surface area contributed by atoms with Crippen molar-refractivity contribution in [3.63, 3.8) is 0 Å². The van der Waals surface area contributed by atoms with Crippen molar-refractivity contribution < 1.29 is 0 Å². The number of halogens is 5. The van der Waals surface area contributed by atoms with Gasteiger partial charge in [-0.15, -0.1) is 0 Å². The van der Waals surface area contributed by atoms with Crippen molar-refractivity contribution >= 4 is 96.0 Å². The van der Waals surface area contributed by atoms with E-state index in [0.717, 1.165) is 9.21 Å². The number of nitrogens with one attached hydrogen (secondary N) is 1. The summed E-state index contributed by atoms with van der Waals surface area (Å²) in [6, 6.07) is 10.9. The van der Waals surface area contributed by atoms with Crippen molar-refractivity contribution in [2.75, 3.05) is 22.5 Å². The van der Waals surface area contributed by atoms with E-state index in [-0.39, 0.29) is 17.0 Å². The fourth-order valence-electron chi connectivity index (χ4n) is 1.85. The highest BCUT2D eigenvalue weighted by atomic mass is 79.9. The molecule has 0 aliphatic carbocycles. The first kappa shape index (κ1) is 26.7. The third-order valence-corrected chi connectivity index (χ3v) is 5.00. The summed E-state index contributed by atoms with van der Waals surface area (Å²) in [5, 5.41) is 3.83. The molecule has 0 amide bonds. The summed E-state index contributed by atoms with van der Waals surface area (Å²) in [7, 11) is 0. The van der Waals surface area contributed by atoms with Crippen LogP contribution in [0.5, 0.6) is 0 Å². The predicted octanol–water partition coefficient (Wildman–Crippen LogP) is 5.41. The van der Waals surface area contributed by atoms with Crippen LogP contribution in [0.15, 0.2) is 58.0 Å². The molecule has 0 spiro atoms. The Morgan fingerprint density at radius 2 is 1.27 bits per heavy atom. The molecular weight excluding hydrogens is 622 g/mol. The Kier molecular flexibility index (Phi) is 10.7. The quantitative estimate of drug-likeness (QED) is 0.165. The van der Waals surface area contributed by atoms with Gasteiger partial charge in [0.05, 0.1) is 17.4 Å². The summed E-state index contributed by atoms with van der Waals surface area (Å²) in [5.74, 6) is 1.87. The van der Waals surface area contributed by atoms with Crippen molar-refractivity contribution in [1.82, 2.24) is 29.9 Å². The largest absolute Gasteiger partial charge is 0.384 e. The first-order chi connectivity index (χ1) is 15.6. The van der Waals surface area contributed by atoms with Crippen LogP contribution in [0.3, 0.4) is 0 Å². The van der Waals surface area contributed by atoms with E-state index < -0.39 is 0 Å². The van der Waals surface area contributed by atoms with Crippen molar-refractivity contribution in [3.8, 4) is 0 Å². The van der Waals surface area contributed by atoms with Crippen LogP contribution < -0.4 is 22.5 Å². The fourth-order valence-corrected chi connectivity index (χ4v) is 2.92. The van der Waals surface area contributed by atoms with Gasteiger partial charge in [-0.1, -0.05) is 46.9 Å². The minimum Gasteiger partial charge on any atom is -0.384 e. The lowest BCUT2D eigenvalue weighted by atomic mass is 10.4. The number of nitrogens with zero attached hydrogens (tertiary/aromatic N) is 6. The van der Waals surface area contributed by atoms with E-state index >= 15 is 0 Å². The van der Waals surface area contributed by atoms with E-state index in [0.29, 0.717) is 27.5 Å². The van der Waals surface area contributed by atoms with Gasteiger partial charge in [0.2, 0.25) is 11.9 Å². The molecule has 0 aliphatic rings. The summed E-state index contributed by atoms with van der Waals surface area (Å²) in [4.78, 5) is 22.9. The molecule has 0 radical (unpaired) electrons. The van der Waals surface area contributed by atoms with Crippen LogP contribution in [-0.4, -0.2) is 29.9 Å². The zero-order valence-electron chi connectivity index (χ0n) is 16.4. The number of anilines is 5. The highest BCUT2D eigenvalue weighted by molar-refractivity contribution is 9.10. The van der Waals surface area contributed by atoms with E-state index in [4.69, 9.17) is 52.0 Å². The smallest absolute Gasteiger partial charge is 0.222 e. The van der Waals surface area contributed by atoms with Crippen LogP contribution in [-0.2, 0) is 0 Å². The molecule has 4 rings (SSSR count). The second kappa shape index (κ2) is 13.3. The molecule has 7 N–H and O–H groups in total. The lowest BCUT2D eigenvalue weighted by Crippen LogP contribution is -2.01. The number of aromatic nitrogens is 6. The number of nitrogen functional groups attached to an aromatic ring is 3. The number of nitrogens with two attached hydrogens (primary N) is 3. The number of pyridine rings is 2. The van der Waals surface area contributed by atoms with Crippen LogP contribution in [0.25, 0.3) is 0 Å². The molecule has 4 heterocycles. The standard InChI is InChI=1S/C9H7BrClN5.C5H5BrN2.C4H3Cl2N3/c10-6-2-1-3-7(14-6)15-8-5(11)4-13-9(12)16-8;6-4-2-1-3-5(7)8-4;5-2-1-8-4(7)9-3(2)6/h1-4H,(H3,12,13,14,15,16);1-3H,(H2,7,8);1H,(H2,7,8,9). The van der Waals surface area contributed by atoms with Gasteiger partial charge in [-0.05, 0) is 56.1 Å². The van der Waals surface area contributed by atoms with Gasteiger partial charge in [0.1, 0.15) is 25.9 Å². The fraction of sp³-hybridized carbons (Fsp3) is 0. The maximum atomic E-state index is 5.90. The molecule has 10 nitrogen and oxygen atoms in total. The Hall–Kier alpha value is -2.51. The van der Waals surface area contributed by atoms with Crippen LogP contribution in [0.1, 0.15) is 0 Å². The van der Waals surface area contributed by atoms with Gasteiger partial charge < -0.3 is 22.5 Å². The topological polar surface area (TPSA) is 167 Å². The molecule has 0 unspecified atom stereocenters. The first-order valence-electron chi connectivity index (χ1n) is 8.63. The number of hydrogen-bond acceptors (Lipinski definition) is 10. The average molecular weight is 638 g/mol. The highest BCUT2D eigenvalue weighted by Crippen LogP contribution is 2.22. The van der Waals surface area contributed by atoms with Gasteiger partial charge in [0, 0.05) is 0 Å². The molecule has 0 aromatic carbocycles. The zero-order chi connectivity index (χ0) is 24.4. The summed E-state index contributed by atoms with van der Waals surface area (Å²) in [6.07, 6.45) is 2.79. The monoisotopic (exact) mass is 634 g/mol. The molecule has 0 fully saturated rings. The Bertz CT molecular complexity index is 1200. The van der Waals surface area contributed by atoms with Gasteiger partial charge in [-0.25, -0.2) is 19.9 Å². The molecule has 4 aromatic rings. The van der Waals surface area contributed by atoms with E-state index in [1.54, 1.807) is 12.1 Å². The maximum Gasteiger partial charge on any atom is 0.222 e. The molecule has 0 saturated carbocycles. The molecular formula is C18H15Br2Cl3N10. The molecule has 172 valence electrons. The van der Waals surface area contributed by atoms with E-state index in [2.05, 4.69) is 67.1 Å². The SMILES string of the molecule is Nc1cccc(Br)n1.Nc1ncc(Cl)c(Cl)n1.Nc1ncc(Cl)c(Nc2cccc(Br)n2)n1. The first-order valence-corrected chi connectivity index (χ1v) is 11.3. The Labute approximate surface area is 220 Å². The molecule has 15 heteroatoms. The van der Waals surface area contributed by atoms with Crippen LogP contribution in [0.2, 0.25) is 15.2 Å². The second-order valence-corrected chi connectivity index (χ2v) is 8.44. The number of rotatable bonds is 2. The van der Waals surface area contributed by atoms with Crippen LogP contribution in [0.4, 0.5) is 29.4 Å². The third kappa shape index (κ3) is 9.88. The highest BCUT2D eigenvalue weighted by Gasteiger charge is 2.05. The van der Waals surface area contributed by atoms with E-state index in [9.17, 15) is 0 Å². The van der Waals surface area contributed by atoms with Crippen molar-refractivity contribution in [2.24, 2.45) is 0 Å². The van der Waals surface area contributed by atoms with E-state index in [1.807, 2.05) is 24.3 Å².